The van der Waals surface area contributed by atoms with E-state index in [0.29, 0.717) is 42.0 Å². The highest BCUT2D eigenvalue weighted by molar-refractivity contribution is 7.88. The van der Waals surface area contributed by atoms with Crippen molar-refractivity contribution in [2.75, 3.05) is 13.1 Å². The number of carbonyl (C=O) groups excluding carboxylic acids is 3. The first-order valence-electron chi connectivity index (χ1n) is 14.6. The van der Waals surface area contributed by atoms with Crippen molar-refractivity contribution in [1.29, 1.82) is 0 Å². The van der Waals surface area contributed by atoms with E-state index >= 15 is 0 Å². The van der Waals surface area contributed by atoms with Gasteiger partial charge in [0.05, 0.1) is 18.3 Å². The molecule has 6 rings (SSSR count). The third-order valence-electron chi connectivity index (χ3n) is 8.62. The van der Waals surface area contributed by atoms with Crippen LogP contribution >= 0.6 is 0 Å². The van der Waals surface area contributed by atoms with Crippen LogP contribution in [0.3, 0.4) is 0 Å². The molecule has 2 saturated heterocycles. The first-order valence-corrected chi connectivity index (χ1v) is 16.3. The molecule has 1 N–H and O–H groups in total. The van der Waals surface area contributed by atoms with Crippen LogP contribution in [0.25, 0.3) is 0 Å². The fourth-order valence-electron chi connectivity index (χ4n) is 6.53. The lowest BCUT2D eigenvalue weighted by atomic mass is 9.80. The number of rotatable bonds is 8. The summed E-state index contributed by atoms with van der Waals surface area (Å²) in [6, 6.07) is 19.6. The second-order valence-corrected chi connectivity index (χ2v) is 13.3. The van der Waals surface area contributed by atoms with Gasteiger partial charge in [-0.15, -0.1) is 0 Å². The van der Waals surface area contributed by atoms with Crippen molar-refractivity contribution in [1.82, 2.24) is 19.5 Å². The number of aromatic nitrogens is 1. The maximum Gasteiger partial charge on any atom is 0.252 e. The molecule has 3 aliphatic rings. The molecule has 2 unspecified atom stereocenters. The van der Waals surface area contributed by atoms with Crippen molar-refractivity contribution in [2.24, 2.45) is 0 Å². The molecule has 0 radical (unpaired) electrons. The summed E-state index contributed by atoms with van der Waals surface area (Å²) in [6.45, 7) is -0.0241. The number of nitrogens with zero attached hydrogens (tertiary/aromatic N) is 3. The number of carbonyl (C=O) groups is 3. The maximum absolute atomic E-state index is 14.2. The third-order valence-corrected chi connectivity index (χ3v) is 10.4. The average Bonchev–Trinajstić information content (AvgIpc) is 3.60. The summed E-state index contributed by atoms with van der Waals surface area (Å²) < 4.78 is 33.7. The number of Topliss-reactive ketones (excluding diaryl/α,β-unsaturated/α-hetero) is 1. The van der Waals surface area contributed by atoms with Gasteiger partial charge in [0.25, 0.3) is 5.91 Å². The van der Waals surface area contributed by atoms with Crippen molar-refractivity contribution in [3.63, 3.8) is 0 Å². The van der Waals surface area contributed by atoms with Crippen LogP contribution in [0.1, 0.15) is 54.6 Å². The first-order chi connectivity index (χ1) is 20.8. The van der Waals surface area contributed by atoms with Crippen LogP contribution in [0.15, 0.2) is 79.0 Å². The summed E-state index contributed by atoms with van der Waals surface area (Å²) in [5.74, 6) is -0.0414. The highest BCUT2D eigenvalue weighted by Crippen LogP contribution is 2.37. The SMILES string of the molecule is O=C(NC1(C(=O)N2CCC3C2C(=O)CN3S(=O)(=O)Cc2ccccn2)CCCCC1)c1ccc(Oc2ccccc2)cc1. The molecule has 0 spiro atoms. The summed E-state index contributed by atoms with van der Waals surface area (Å²) >= 11 is 0. The van der Waals surface area contributed by atoms with E-state index in [1.807, 2.05) is 30.3 Å². The van der Waals surface area contributed by atoms with E-state index in [-0.39, 0.29) is 36.4 Å². The van der Waals surface area contributed by atoms with Gasteiger partial charge in [-0.1, -0.05) is 43.5 Å². The van der Waals surface area contributed by atoms with E-state index in [1.165, 1.54) is 15.4 Å². The van der Waals surface area contributed by atoms with Crippen LogP contribution in [-0.2, 0) is 25.4 Å². The second-order valence-electron chi connectivity index (χ2n) is 11.4. The number of para-hydroxylation sites is 1. The van der Waals surface area contributed by atoms with Crippen LogP contribution in [0.4, 0.5) is 0 Å². The zero-order valence-corrected chi connectivity index (χ0v) is 24.5. The van der Waals surface area contributed by atoms with Crippen LogP contribution < -0.4 is 10.1 Å². The van der Waals surface area contributed by atoms with E-state index in [9.17, 15) is 22.8 Å². The quantitative estimate of drug-likeness (QED) is 0.417. The highest BCUT2D eigenvalue weighted by Gasteiger charge is 2.56. The fourth-order valence-corrected chi connectivity index (χ4v) is 8.19. The Kier molecular flexibility index (Phi) is 8.02. The van der Waals surface area contributed by atoms with Crippen LogP contribution in [0, 0.1) is 0 Å². The van der Waals surface area contributed by atoms with Crippen molar-refractivity contribution in [3.8, 4) is 11.5 Å². The van der Waals surface area contributed by atoms with Crippen LogP contribution in [0.5, 0.6) is 11.5 Å². The van der Waals surface area contributed by atoms with Gasteiger partial charge >= 0.3 is 0 Å². The number of ether oxygens (including phenoxy) is 1. The number of nitrogens with one attached hydrogen (secondary N) is 1. The molecule has 3 heterocycles. The molecule has 3 aromatic rings. The third kappa shape index (κ3) is 5.92. The topological polar surface area (TPSA) is 126 Å². The van der Waals surface area contributed by atoms with Crippen molar-refractivity contribution >= 4 is 27.6 Å². The van der Waals surface area contributed by atoms with Crippen molar-refractivity contribution < 1.29 is 27.5 Å². The molecular formula is C32H34N4O6S. The molecule has 0 bridgehead atoms. The number of hydrogen-bond acceptors (Lipinski definition) is 7. The molecule has 10 nitrogen and oxygen atoms in total. The summed E-state index contributed by atoms with van der Waals surface area (Å²) in [5, 5.41) is 3.04. The van der Waals surface area contributed by atoms with E-state index in [2.05, 4.69) is 10.3 Å². The van der Waals surface area contributed by atoms with Gasteiger partial charge in [-0.05, 0) is 67.8 Å². The Morgan fingerprint density at radius 3 is 2.33 bits per heavy atom. The number of likely N-dealkylation sites (tertiary alicyclic amines) is 1. The molecule has 11 heteroatoms. The predicted octanol–water partition coefficient (Wildman–Crippen LogP) is 3.69. The fraction of sp³-hybridized carbons (Fsp3) is 0.375. The van der Waals surface area contributed by atoms with E-state index < -0.39 is 27.6 Å². The minimum atomic E-state index is -3.84. The normalized spacial score (nSPS) is 21.8. The molecule has 1 aliphatic carbocycles. The Balaban J connectivity index is 1.18. The Morgan fingerprint density at radius 1 is 0.930 bits per heavy atom. The van der Waals surface area contributed by atoms with Gasteiger partial charge in [-0.3, -0.25) is 19.4 Å². The number of amides is 2. The summed E-state index contributed by atoms with van der Waals surface area (Å²) in [7, 11) is -3.84. The van der Waals surface area contributed by atoms with Crippen LogP contribution in [-0.4, -0.2) is 70.9 Å². The molecule has 3 fully saturated rings. The Labute approximate surface area is 251 Å². The Morgan fingerprint density at radius 2 is 1.63 bits per heavy atom. The van der Waals surface area contributed by atoms with Gasteiger partial charge in [0.1, 0.15) is 28.8 Å². The van der Waals surface area contributed by atoms with E-state index in [4.69, 9.17) is 4.74 Å². The lowest BCUT2D eigenvalue weighted by molar-refractivity contribution is -0.143. The molecule has 1 saturated carbocycles. The highest BCUT2D eigenvalue weighted by atomic mass is 32.2. The number of ketones is 1. The molecule has 224 valence electrons. The molecule has 2 atom stereocenters. The predicted molar refractivity (Wildman–Crippen MR) is 159 cm³/mol. The van der Waals surface area contributed by atoms with Crippen molar-refractivity contribution in [2.45, 2.75) is 61.9 Å². The van der Waals surface area contributed by atoms with Gasteiger partial charge in [-0.2, -0.15) is 4.31 Å². The van der Waals surface area contributed by atoms with E-state index in [0.717, 1.165) is 19.3 Å². The largest absolute Gasteiger partial charge is 0.457 e. The van der Waals surface area contributed by atoms with Gasteiger partial charge < -0.3 is 15.0 Å². The Hall–Kier alpha value is -4.09. The van der Waals surface area contributed by atoms with Gasteiger partial charge in [-0.25, -0.2) is 8.42 Å². The number of benzene rings is 2. The number of fused-ring (bicyclic) bond motifs is 1. The molecule has 43 heavy (non-hydrogen) atoms. The zero-order chi connectivity index (χ0) is 30.0. The zero-order valence-electron chi connectivity index (χ0n) is 23.7. The van der Waals surface area contributed by atoms with Gasteiger partial charge in [0.15, 0.2) is 5.78 Å². The number of sulfonamides is 1. The second kappa shape index (κ2) is 11.9. The lowest BCUT2D eigenvalue weighted by Gasteiger charge is -2.40. The summed E-state index contributed by atoms with van der Waals surface area (Å²) in [6.07, 6.45) is 5.26. The van der Waals surface area contributed by atoms with Crippen LogP contribution in [0.2, 0.25) is 0 Å². The minimum Gasteiger partial charge on any atom is -0.457 e. The summed E-state index contributed by atoms with van der Waals surface area (Å²) in [5.41, 5.74) is -0.377. The van der Waals surface area contributed by atoms with Crippen molar-refractivity contribution in [3.05, 3.63) is 90.3 Å². The minimum absolute atomic E-state index is 0.249. The number of pyridine rings is 1. The molecular weight excluding hydrogens is 568 g/mol. The average molecular weight is 603 g/mol. The molecule has 2 amide bonds. The number of hydrogen-bond donors (Lipinski definition) is 1. The smallest absolute Gasteiger partial charge is 0.252 e. The maximum atomic E-state index is 14.2. The van der Waals surface area contributed by atoms with Gasteiger partial charge in [0.2, 0.25) is 15.9 Å². The van der Waals surface area contributed by atoms with Gasteiger partial charge in [0, 0.05) is 18.3 Å². The van der Waals surface area contributed by atoms with E-state index in [1.54, 1.807) is 42.5 Å². The molecule has 2 aliphatic heterocycles. The monoisotopic (exact) mass is 602 g/mol. The Bertz CT molecular complexity index is 1590. The summed E-state index contributed by atoms with van der Waals surface area (Å²) in [4.78, 5) is 46.6. The lowest BCUT2D eigenvalue weighted by Crippen LogP contribution is -2.62. The molecule has 1 aromatic heterocycles. The standard InChI is InChI=1S/C32H34N4O6S/c37-28-21-36(43(40,41)22-24-9-5-8-19-33-24)27-16-20-35(29(27)28)31(39)32(17-6-2-7-18-32)34-30(38)23-12-14-26(15-13-23)42-25-10-3-1-4-11-25/h1,3-5,8-15,19,27,29H,2,6-7,16-18,20-22H2,(H,34,38). The molecule has 2 aromatic carbocycles. The first kappa shape index (κ1) is 29.0.